The molecule has 0 aliphatic rings. The van der Waals surface area contributed by atoms with Crippen molar-refractivity contribution in [3.8, 4) is 0 Å². The number of esters is 1. The third-order valence-electron chi connectivity index (χ3n) is 2.52. The van der Waals surface area contributed by atoms with Gasteiger partial charge in [0.1, 0.15) is 0 Å². The van der Waals surface area contributed by atoms with Gasteiger partial charge in [-0.2, -0.15) is 0 Å². The predicted octanol–water partition coefficient (Wildman–Crippen LogP) is 3.06. The van der Waals surface area contributed by atoms with Gasteiger partial charge in [0.05, 0.1) is 12.2 Å². The Balaban J connectivity index is 2.64. The molecular formula is C14H17ClO3. The minimum Gasteiger partial charge on any atom is -0.463 e. The van der Waals surface area contributed by atoms with Crippen LogP contribution < -0.4 is 0 Å². The summed E-state index contributed by atoms with van der Waals surface area (Å²) in [5.74, 6) is -0.399. The maximum Gasteiger partial charge on any atom is 0.330 e. The quantitative estimate of drug-likeness (QED) is 0.659. The first-order chi connectivity index (χ1) is 8.45. The Hall–Kier alpha value is -1.32. The van der Waals surface area contributed by atoms with E-state index in [0.29, 0.717) is 18.1 Å². The van der Waals surface area contributed by atoms with Crippen LogP contribution in [0.15, 0.2) is 36.4 Å². The average molecular weight is 269 g/mol. The second-order valence-corrected chi connectivity index (χ2v) is 4.58. The lowest BCUT2D eigenvalue weighted by Crippen LogP contribution is -2.20. The van der Waals surface area contributed by atoms with Crippen LogP contribution in [0, 0.1) is 0 Å². The highest BCUT2D eigenvalue weighted by Crippen LogP contribution is 2.26. The smallest absolute Gasteiger partial charge is 0.330 e. The number of carbonyl (C=O) groups excluding carboxylic acids is 1. The summed E-state index contributed by atoms with van der Waals surface area (Å²) in [6, 6.07) is 6.97. The second kappa shape index (κ2) is 6.57. The predicted molar refractivity (Wildman–Crippen MR) is 71.4 cm³/mol. The van der Waals surface area contributed by atoms with Gasteiger partial charge in [0.2, 0.25) is 0 Å². The molecule has 0 spiro atoms. The number of hydrogen-bond donors (Lipinski definition) is 1. The molecule has 1 N–H and O–H groups in total. The number of rotatable bonds is 5. The molecule has 0 aliphatic carbocycles. The largest absolute Gasteiger partial charge is 0.463 e. The van der Waals surface area contributed by atoms with Gasteiger partial charge in [0.15, 0.2) is 0 Å². The first-order valence-electron chi connectivity index (χ1n) is 5.77. The van der Waals surface area contributed by atoms with Gasteiger partial charge in [-0.05, 0) is 38.0 Å². The van der Waals surface area contributed by atoms with Crippen LogP contribution in [0.3, 0.4) is 0 Å². The van der Waals surface area contributed by atoms with E-state index >= 15 is 0 Å². The molecule has 0 fully saturated rings. The molecule has 1 unspecified atom stereocenters. The summed E-state index contributed by atoms with van der Waals surface area (Å²) < 4.78 is 4.75. The fourth-order valence-corrected chi connectivity index (χ4v) is 1.63. The molecule has 18 heavy (non-hydrogen) atoms. The van der Waals surface area contributed by atoms with Crippen LogP contribution >= 0.6 is 11.6 Å². The molecule has 0 saturated carbocycles. The van der Waals surface area contributed by atoms with E-state index in [9.17, 15) is 9.90 Å². The van der Waals surface area contributed by atoms with Crippen molar-refractivity contribution in [1.29, 1.82) is 0 Å². The zero-order valence-electron chi connectivity index (χ0n) is 10.5. The molecular weight excluding hydrogens is 252 g/mol. The molecule has 0 aromatic heterocycles. The molecule has 4 heteroatoms. The van der Waals surface area contributed by atoms with Crippen LogP contribution in [0.4, 0.5) is 0 Å². The van der Waals surface area contributed by atoms with Crippen molar-refractivity contribution in [3.05, 3.63) is 47.0 Å². The number of aliphatic hydroxyl groups is 1. The first-order valence-corrected chi connectivity index (χ1v) is 6.15. The maximum absolute atomic E-state index is 11.1. The summed E-state index contributed by atoms with van der Waals surface area (Å²) >= 11 is 5.79. The van der Waals surface area contributed by atoms with Crippen molar-refractivity contribution in [2.24, 2.45) is 0 Å². The number of benzene rings is 1. The van der Waals surface area contributed by atoms with Gasteiger partial charge in [-0.1, -0.05) is 29.8 Å². The van der Waals surface area contributed by atoms with Crippen LogP contribution in [0.1, 0.15) is 25.8 Å². The lowest BCUT2D eigenvalue weighted by Gasteiger charge is -2.22. The van der Waals surface area contributed by atoms with E-state index < -0.39 is 11.6 Å². The van der Waals surface area contributed by atoms with Crippen LogP contribution in [0.2, 0.25) is 5.02 Å². The molecule has 0 aliphatic heterocycles. The lowest BCUT2D eigenvalue weighted by molar-refractivity contribution is -0.137. The monoisotopic (exact) mass is 268 g/mol. The third kappa shape index (κ3) is 4.51. The Morgan fingerprint density at radius 1 is 1.44 bits per heavy atom. The maximum atomic E-state index is 11.1. The molecule has 1 atom stereocenters. The van der Waals surface area contributed by atoms with Crippen molar-refractivity contribution in [2.75, 3.05) is 6.61 Å². The third-order valence-corrected chi connectivity index (χ3v) is 2.77. The highest BCUT2D eigenvalue weighted by Gasteiger charge is 2.21. The van der Waals surface area contributed by atoms with E-state index in [0.717, 1.165) is 5.56 Å². The molecule has 1 aromatic carbocycles. The zero-order chi connectivity index (χ0) is 13.6. The van der Waals surface area contributed by atoms with E-state index in [4.69, 9.17) is 16.3 Å². The van der Waals surface area contributed by atoms with Crippen LogP contribution in [0.25, 0.3) is 0 Å². The molecule has 3 nitrogen and oxygen atoms in total. The van der Waals surface area contributed by atoms with E-state index in [-0.39, 0.29) is 0 Å². The van der Waals surface area contributed by atoms with Crippen LogP contribution in [-0.2, 0) is 15.1 Å². The van der Waals surface area contributed by atoms with Crippen molar-refractivity contribution in [3.63, 3.8) is 0 Å². The Kier molecular flexibility index (Phi) is 5.38. The van der Waals surface area contributed by atoms with E-state index in [2.05, 4.69) is 0 Å². The Morgan fingerprint density at radius 3 is 2.61 bits per heavy atom. The average Bonchev–Trinajstić information content (AvgIpc) is 2.29. The lowest BCUT2D eigenvalue weighted by atomic mass is 9.92. The highest BCUT2D eigenvalue weighted by molar-refractivity contribution is 6.30. The second-order valence-electron chi connectivity index (χ2n) is 4.14. The van der Waals surface area contributed by atoms with E-state index in [1.165, 1.54) is 6.08 Å². The topological polar surface area (TPSA) is 46.5 Å². The molecule has 0 amide bonds. The van der Waals surface area contributed by atoms with Gasteiger partial charge in [0, 0.05) is 11.1 Å². The summed E-state index contributed by atoms with van der Waals surface area (Å²) in [6.07, 6.45) is 3.26. The normalized spacial score (nSPS) is 14.4. The number of carbonyl (C=O) groups is 1. The summed E-state index contributed by atoms with van der Waals surface area (Å²) in [7, 11) is 0. The molecule has 0 saturated heterocycles. The van der Waals surface area contributed by atoms with Gasteiger partial charge < -0.3 is 9.84 Å². The first kappa shape index (κ1) is 14.7. The number of hydrogen-bond acceptors (Lipinski definition) is 3. The Morgan fingerprint density at radius 2 is 2.06 bits per heavy atom. The van der Waals surface area contributed by atoms with E-state index in [1.54, 1.807) is 44.2 Å². The van der Waals surface area contributed by atoms with Gasteiger partial charge in [-0.3, -0.25) is 0 Å². The minimum absolute atomic E-state index is 0.327. The van der Waals surface area contributed by atoms with Gasteiger partial charge in [0.25, 0.3) is 0 Å². The van der Waals surface area contributed by atoms with Gasteiger partial charge in [-0.25, -0.2) is 4.79 Å². The summed E-state index contributed by atoms with van der Waals surface area (Å²) in [5.41, 5.74) is -0.284. The molecule has 98 valence electrons. The Bertz CT molecular complexity index is 421. The fraction of sp³-hybridized carbons (Fsp3) is 0.357. The van der Waals surface area contributed by atoms with Crippen molar-refractivity contribution in [2.45, 2.75) is 25.9 Å². The van der Waals surface area contributed by atoms with Crippen molar-refractivity contribution >= 4 is 17.6 Å². The molecule has 1 rings (SSSR count). The SMILES string of the molecule is CCOC(=O)/C=C/CC(C)(O)c1ccc(Cl)cc1. The summed E-state index contributed by atoms with van der Waals surface area (Å²) in [5, 5.41) is 10.9. The fourth-order valence-electron chi connectivity index (χ4n) is 1.50. The molecule has 0 radical (unpaired) electrons. The van der Waals surface area contributed by atoms with Crippen LogP contribution in [-0.4, -0.2) is 17.7 Å². The van der Waals surface area contributed by atoms with Gasteiger partial charge >= 0.3 is 5.97 Å². The number of ether oxygens (including phenoxy) is 1. The summed E-state index contributed by atoms with van der Waals surface area (Å²) in [4.78, 5) is 11.1. The minimum atomic E-state index is -1.03. The van der Waals surface area contributed by atoms with E-state index in [1.807, 2.05) is 0 Å². The number of halogens is 1. The summed E-state index contributed by atoms with van der Waals surface area (Å²) in [6.45, 7) is 3.78. The van der Waals surface area contributed by atoms with Crippen molar-refractivity contribution < 1.29 is 14.6 Å². The molecule has 0 heterocycles. The molecule has 1 aromatic rings. The Labute approximate surface area is 112 Å². The van der Waals surface area contributed by atoms with Crippen molar-refractivity contribution in [1.82, 2.24) is 0 Å². The standard InChI is InChI=1S/C14H17ClO3/c1-3-18-13(16)5-4-10-14(2,17)11-6-8-12(15)9-7-11/h4-9,17H,3,10H2,1-2H3/b5-4+. The molecule has 0 bridgehead atoms. The highest BCUT2D eigenvalue weighted by atomic mass is 35.5. The van der Waals surface area contributed by atoms with Gasteiger partial charge in [-0.15, -0.1) is 0 Å². The zero-order valence-corrected chi connectivity index (χ0v) is 11.3. The van der Waals surface area contributed by atoms with Crippen LogP contribution in [0.5, 0.6) is 0 Å².